The van der Waals surface area contributed by atoms with Crippen LogP contribution >= 0.6 is 0 Å². The summed E-state index contributed by atoms with van der Waals surface area (Å²) in [6, 6.07) is 7.28. The smallest absolute Gasteiger partial charge is 0.222 e. The second-order valence-electron chi connectivity index (χ2n) is 8.97. The zero-order valence-electron chi connectivity index (χ0n) is 19.5. The number of benzene rings is 1. The second kappa shape index (κ2) is 10.1. The number of hydrogen-bond acceptors (Lipinski definition) is 4. The molecular weight excluding hydrogens is 390 g/mol. The predicted molar refractivity (Wildman–Crippen MR) is 121 cm³/mol. The molecule has 1 amide bonds. The number of ether oxygens (including phenoxy) is 1. The van der Waals surface area contributed by atoms with Crippen molar-refractivity contribution in [1.82, 2.24) is 14.7 Å². The van der Waals surface area contributed by atoms with Crippen molar-refractivity contribution in [2.75, 3.05) is 20.2 Å². The fraction of sp³-hybridized carbons (Fsp3) is 0.560. The van der Waals surface area contributed by atoms with Gasteiger partial charge in [-0.3, -0.25) is 14.3 Å². The Morgan fingerprint density at radius 2 is 1.77 bits per heavy atom. The summed E-state index contributed by atoms with van der Waals surface area (Å²) in [4.78, 5) is 27.5. The van der Waals surface area contributed by atoms with Gasteiger partial charge in [-0.05, 0) is 68.9 Å². The fourth-order valence-electron chi connectivity index (χ4n) is 4.39. The summed E-state index contributed by atoms with van der Waals surface area (Å²) in [5, 5.41) is 4.66. The Hall–Kier alpha value is -2.63. The van der Waals surface area contributed by atoms with Gasteiger partial charge in [-0.1, -0.05) is 13.8 Å². The highest BCUT2D eigenvalue weighted by Gasteiger charge is 2.28. The van der Waals surface area contributed by atoms with Crippen LogP contribution in [0, 0.1) is 25.7 Å². The van der Waals surface area contributed by atoms with Crippen molar-refractivity contribution in [3.8, 4) is 5.75 Å². The van der Waals surface area contributed by atoms with Crippen LogP contribution in [0.2, 0.25) is 0 Å². The van der Waals surface area contributed by atoms with Gasteiger partial charge in [-0.15, -0.1) is 0 Å². The van der Waals surface area contributed by atoms with E-state index in [4.69, 9.17) is 4.74 Å². The molecule has 0 radical (unpaired) electrons. The van der Waals surface area contributed by atoms with Crippen molar-refractivity contribution in [3.05, 3.63) is 46.8 Å². The van der Waals surface area contributed by atoms with E-state index < -0.39 is 0 Å². The Labute approximate surface area is 185 Å². The molecule has 0 saturated carbocycles. The molecular formula is C25H35N3O3. The monoisotopic (exact) mass is 425 g/mol. The summed E-state index contributed by atoms with van der Waals surface area (Å²) < 4.78 is 7.23. The maximum Gasteiger partial charge on any atom is 0.222 e. The number of carbonyl (C=O) groups excluding carboxylic acids is 2. The number of Topliss-reactive ketones (excluding diaryl/α,β-unsaturated/α-hetero) is 1. The fourth-order valence-corrected chi connectivity index (χ4v) is 4.39. The molecule has 1 aliphatic heterocycles. The zero-order chi connectivity index (χ0) is 22.5. The number of nitrogens with zero attached hydrogens (tertiary/aromatic N) is 3. The lowest BCUT2D eigenvalue weighted by atomic mass is 9.88. The summed E-state index contributed by atoms with van der Waals surface area (Å²) in [6.07, 6.45) is 2.66. The first-order chi connectivity index (χ1) is 14.8. The molecule has 0 spiro atoms. The van der Waals surface area contributed by atoms with Crippen LogP contribution in [-0.4, -0.2) is 46.6 Å². The minimum Gasteiger partial charge on any atom is -0.497 e. The number of rotatable bonds is 8. The summed E-state index contributed by atoms with van der Waals surface area (Å²) in [7, 11) is 1.61. The second-order valence-corrected chi connectivity index (χ2v) is 8.97. The number of ketones is 1. The van der Waals surface area contributed by atoms with E-state index in [0.29, 0.717) is 25.4 Å². The lowest BCUT2D eigenvalue weighted by Crippen LogP contribution is -2.40. The van der Waals surface area contributed by atoms with E-state index in [9.17, 15) is 9.59 Å². The van der Waals surface area contributed by atoms with Crippen LogP contribution in [-0.2, 0) is 17.8 Å². The maximum atomic E-state index is 12.8. The SMILES string of the molecule is COc1ccc(C(=O)C2CCN(C(=O)CCc3c(C)nn(CC(C)C)c3C)CC2)cc1. The Balaban J connectivity index is 1.51. The molecule has 1 saturated heterocycles. The van der Waals surface area contributed by atoms with Gasteiger partial charge in [0.05, 0.1) is 12.8 Å². The highest BCUT2D eigenvalue weighted by molar-refractivity contribution is 5.98. The van der Waals surface area contributed by atoms with Crippen molar-refractivity contribution in [2.24, 2.45) is 11.8 Å². The largest absolute Gasteiger partial charge is 0.497 e. The summed E-state index contributed by atoms with van der Waals surface area (Å²) in [5.74, 6) is 1.60. The van der Waals surface area contributed by atoms with Gasteiger partial charge in [0.25, 0.3) is 0 Å². The van der Waals surface area contributed by atoms with Crippen molar-refractivity contribution >= 4 is 11.7 Å². The Bertz CT molecular complexity index is 907. The number of aromatic nitrogens is 2. The summed E-state index contributed by atoms with van der Waals surface area (Å²) in [6.45, 7) is 10.7. The molecule has 1 fully saturated rings. The molecule has 6 nitrogen and oxygen atoms in total. The molecule has 31 heavy (non-hydrogen) atoms. The van der Waals surface area contributed by atoms with E-state index in [2.05, 4.69) is 30.6 Å². The molecule has 6 heteroatoms. The van der Waals surface area contributed by atoms with Crippen LogP contribution in [0.5, 0.6) is 5.75 Å². The molecule has 1 aliphatic rings. The highest BCUT2D eigenvalue weighted by Crippen LogP contribution is 2.24. The quantitative estimate of drug-likeness (QED) is 0.594. The molecule has 2 aromatic rings. The highest BCUT2D eigenvalue weighted by atomic mass is 16.5. The standard InChI is InChI=1S/C25H35N3O3/c1-17(2)16-28-19(4)23(18(3)26-28)10-11-24(29)27-14-12-21(13-15-27)25(30)20-6-8-22(31-5)9-7-20/h6-9,17,21H,10-16H2,1-5H3. The van der Waals surface area contributed by atoms with Gasteiger partial charge in [-0.25, -0.2) is 0 Å². The number of methoxy groups -OCH3 is 1. The van der Waals surface area contributed by atoms with E-state index in [1.165, 1.54) is 11.3 Å². The lowest BCUT2D eigenvalue weighted by molar-refractivity contribution is -0.132. The van der Waals surface area contributed by atoms with Crippen LogP contribution in [0.25, 0.3) is 0 Å². The normalized spacial score (nSPS) is 14.8. The number of carbonyl (C=O) groups is 2. The predicted octanol–water partition coefficient (Wildman–Crippen LogP) is 4.22. The molecule has 0 N–H and O–H groups in total. The Morgan fingerprint density at radius 1 is 1.13 bits per heavy atom. The van der Waals surface area contributed by atoms with Crippen molar-refractivity contribution < 1.29 is 14.3 Å². The Morgan fingerprint density at radius 3 is 2.35 bits per heavy atom. The first-order valence-corrected chi connectivity index (χ1v) is 11.3. The first-order valence-electron chi connectivity index (χ1n) is 11.3. The van der Waals surface area contributed by atoms with E-state index in [1.807, 2.05) is 36.1 Å². The third-order valence-electron chi connectivity index (χ3n) is 6.25. The molecule has 0 bridgehead atoms. The lowest BCUT2D eigenvalue weighted by Gasteiger charge is -2.31. The van der Waals surface area contributed by atoms with Gasteiger partial charge >= 0.3 is 0 Å². The van der Waals surface area contributed by atoms with Gasteiger partial charge in [0.15, 0.2) is 5.78 Å². The molecule has 1 aromatic heterocycles. The molecule has 168 valence electrons. The van der Waals surface area contributed by atoms with Crippen molar-refractivity contribution in [1.29, 1.82) is 0 Å². The third-order valence-corrected chi connectivity index (χ3v) is 6.25. The van der Waals surface area contributed by atoms with Crippen LogP contribution in [0.4, 0.5) is 0 Å². The van der Waals surface area contributed by atoms with Gasteiger partial charge in [0.1, 0.15) is 5.75 Å². The molecule has 0 aliphatic carbocycles. The first kappa shape index (κ1) is 23.0. The van der Waals surface area contributed by atoms with Gasteiger partial charge in [0, 0.05) is 43.2 Å². The van der Waals surface area contributed by atoms with Gasteiger partial charge in [0.2, 0.25) is 5.91 Å². The van der Waals surface area contributed by atoms with Crippen molar-refractivity contribution in [2.45, 2.75) is 59.9 Å². The molecule has 1 aromatic carbocycles. The maximum absolute atomic E-state index is 12.8. The molecule has 0 atom stereocenters. The molecule has 3 rings (SSSR count). The van der Waals surface area contributed by atoms with E-state index in [1.54, 1.807) is 7.11 Å². The summed E-state index contributed by atoms with van der Waals surface area (Å²) >= 11 is 0. The third kappa shape index (κ3) is 5.54. The van der Waals surface area contributed by atoms with Crippen LogP contribution in [0.15, 0.2) is 24.3 Å². The average molecular weight is 426 g/mol. The van der Waals surface area contributed by atoms with Gasteiger partial charge in [-0.2, -0.15) is 5.10 Å². The van der Waals surface area contributed by atoms with Gasteiger partial charge < -0.3 is 9.64 Å². The number of aryl methyl sites for hydroxylation is 1. The van der Waals surface area contributed by atoms with Crippen LogP contribution in [0.3, 0.4) is 0 Å². The topological polar surface area (TPSA) is 64.4 Å². The Kier molecular flexibility index (Phi) is 7.52. The molecule has 2 heterocycles. The van der Waals surface area contributed by atoms with Crippen molar-refractivity contribution in [3.63, 3.8) is 0 Å². The number of hydrogen-bond donors (Lipinski definition) is 0. The van der Waals surface area contributed by atoms with Crippen LogP contribution < -0.4 is 4.74 Å². The summed E-state index contributed by atoms with van der Waals surface area (Å²) in [5.41, 5.74) is 4.10. The zero-order valence-corrected chi connectivity index (χ0v) is 19.5. The van der Waals surface area contributed by atoms with Crippen LogP contribution in [0.1, 0.15) is 60.4 Å². The minimum atomic E-state index is -0.0174. The van der Waals surface area contributed by atoms with E-state index in [-0.39, 0.29) is 17.6 Å². The number of amides is 1. The minimum absolute atomic E-state index is 0.0174. The number of piperidine rings is 1. The number of likely N-dealkylation sites (tertiary alicyclic amines) is 1. The van der Waals surface area contributed by atoms with E-state index in [0.717, 1.165) is 42.8 Å². The average Bonchev–Trinajstić information content (AvgIpc) is 3.03. The van der Waals surface area contributed by atoms with E-state index >= 15 is 0 Å². The molecule has 0 unspecified atom stereocenters.